The fourth-order valence-corrected chi connectivity index (χ4v) is 4.49. The Morgan fingerprint density at radius 1 is 1.25 bits per heavy atom. The van der Waals surface area contributed by atoms with Crippen molar-refractivity contribution in [1.82, 2.24) is 0 Å². The number of aliphatic hydroxyl groups is 1. The molecule has 0 saturated heterocycles. The zero-order valence-electron chi connectivity index (χ0n) is 12.2. The average Bonchev–Trinajstić information content (AvgIpc) is 2.85. The van der Waals surface area contributed by atoms with Crippen molar-refractivity contribution in [3.8, 4) is 0 Å². The van der Waals surface area contributed by atoms with Crippen LogP contribution in [-0.4, -0.2) is 11.2 Å². The van der Waals surface area contributed by atoms with Crippen LogP contribution in [0.15, 0.2) is 29.6 Å². The first-order valence-electron chi connectivity index (χ1n) is 7.45. The molecule has 1 nitrogen and oxygen atoms in total. The molecule has 0 radical (unpaired) electrons. The van der Waals surface area contributed by atoms with Gasteiger partial charge in [0.05, 0.1) is 6.10 Å². The molecule has 2 atom stereocenters. The SMILES string of the molecule is Cc1cc(C)cc(CC(O)C2CCCc3sccc32)c1. The summed E-state index contributed by atoms with van der Waals surface area (Å²) in [5.74, 6) is 0.325. The quantitative estimate of drug-likeness (QED) is 0.887. The minimum absolute atomic E-state index is 0.259. The highest BCUT2D eigenvalue weighted by atomic mass is 32.1. The second-order valence-electron chi connectivity index (χ2n) is 6.07. The summed E-state index contributed by atoms with van der Waals surface area (Å²) < 4.78 is 0. The van der Waals surface area contributed by atoms with Crippen LogP contribution in [0.5, 0.6) is 0 Å². The van der Waals surface area contributed by atoms with E-state index in [2.05, 4.69) is 43.5 Å². The van der Waals surface area contributed by atoms with Gasteiger partial charge in [-0.1, -0.05) is 29.3 Å². The highest BCUT2D eigenvalue weighted by molar-refractivity contribution is 7.10. The topological polar surface area (TPSA) is 20.2 Å². The summed E-state index contributed by atoms with van der Waals surface area (Å²) in [6.45, 7) is 4.25. The highest BCUT2D eigenvalue weighted by Crippen LogP contribution is 2.37. The molecule has 2 heteroatoms. The number of thiophene rings is 1. The Bertz CT molecular complexity index is 579. The second kappa shape index (κ2) is 5.71. The van der Waals surface area contributed by atoms with Crippen molar-refractivity contribution in [3.63, 3.8) is 0 Å². The summed E-state index contributed by atoms with van der Waals surface area (Å²) >= 11 is 1.85. The molecule has 0 saturated carbocycles. The van der Waals surface area contributed by atoms with Gasteiger partial charge in [-0.2, -0.15) is 0 Å². The minimum atomic E-state index is -0.259. The molecule has 0 aliphatic heterocycles. The third kappa shape index (κ3) is 2.82. The van der Waals surface area contributed by atoms with Crippen LogP contribution < -0.4 is 0 Å². The highest BCUT2D eigenvalue weighted by Gasteiger charge is 2.27. The smallest absolute Gasteiger partial charge is 0.0649 e. The Balaban J connectivity index is 1.79. The summed E-state index contributed by atoms with van der Waals surface area (Å²) in [6.07, 6.45) is 4.03. The maximum Gasteiger partial charge on any atom is 0.0649 e. The predicted molar refractivity (Wildman–Crippen MR) is 85.6 cm³/mol. The van der Waals surface area contributed by atoms with Gasteiger partial charge in [0, 0.05) is 10.8 Å². The molecule has 1 aliphatic rings. The largest absolute Gasteiger partial charge is 0.392 e. The number of benzene rings is 1. The Kier molecular flexibility index (Phi) is 3.95. The van der Waals surface area contributed by atoms with Gasteiger partial charge in [-0.15, -0.1) is 11.3 Å². The normalized spacial score (nSPS) is 19.6. The Morgan fingerprint density at radius 2 is 2.00 bits per heavy atom. The van der Waals surface area contributed by atoms with Gasteiger partial charge >= 0.3 is 0 Å². The van der Waals surface area contributed by atoms with E-state index in [0.717, 1.165) is 12.8 Å². The third-order valence-electron chi connectivity index (χ3n) is 4.29. The van der Waals surface area contributed by atoms with E-state index in [4.69, 9.17) is 0 Å². The lowest BCUT2D eigenvalue weighted by atomic mass is 9.81. The maximum absolute atomic E-state index is 10.7. The van der Waals surface area contributed by atoms with Crippen LogP contribution in [0.1, 0.15) is 45.9 Å². The van der Waals surface area contributed by atoms with Gasteiger partial charge in [0.15, 0.2) is 0 Å². The number of rotatable bonds is 3. The second-order valence-corrected chi connectivity index (χ2v) is 7.07. The molecule has 0 bridgehead atoms. The first kappa shape index (κ1) is 13.8. The third-order valence-corrected chi connectivity index (χ3v) is 5.29. The van der Waals surface area contributed by atoms with Crippen LogP contribution in [0, 0.1) is 13.8 Å². The molecule has 106 valence electrons. The van der Waals surface area contributed by atoms with Gasteiger partial charge in [0.1, 0.15) is 0 Å². The zero-order chi connectivity index (χ0) is 14.1. The molecule has 0 fully saturated rings. The molecule has 1 heterocycles. The van der Waals surface area contributed by atoms with Gasteiger partial charge in [-0.25, -0.2) is 0 Å². The molecule has 2 unspecified atom stereocenters. The molecule has 1 aromatic carbocycles. The van der Waals surface area contributed by atoms with Crippen LogP contribution in [0.2, 0.25) is 0 Å². The van der Waals surface area contributed by atoms with Crippen LogP contribution >= 0.6 is 11.3 Å². The van der Waals surface area contributed by atoms with Crippen molar-refractivity contribution in [3.05, 3.63) is 56.8 Å². The van der Waals surface area contributed by atoms with E-state index in [1.54, 1.807) is 0 Å². The summed E-state index contributed by atoms with van der Waals surface area (Å²) in [4.78, 5) is 1.49. The molecule has 0 spiro atoms. The van der Waals surface area contributed by atoms with Gasteiger partial charge < -0.3 is 5.11 Å². The van der Waals surface area contributed by atoms with E-state index in [1.165, 1.54) is 40.0 Å². The van der Waals surface area contributed by atoms with Crippen molar-refractivity contribution >= 4 is 11.3 Å². The fourth-order valence-electron chi connectivity index (χ4n) is 3.49. The van der Waals surface area contributed by atoms with Gasteiger partial charge in [0.25, 0.3) is 0 Å². The van der Waals surface area contributed by atoms with Gasteiger partial charge in [0.2, 0.25) is 0 Å². The molecule has 2 aromatic rings. The Labute approximate surface area is 125 Å². The molecular formula is C18H22OS. The van der Waals surface area contributed by atoms with Crippen LogP contribution in [-0.2, 0) is 12.8 Å². The van der Waals surface area contributed by atoms with E-state index in [-0.39, 0.29) is 6.10 Å². The minimum Gasteiger partial charge on any atom is -0.392 e. The number of fused-ring (bicyclic) bond motifs is 1. The fraction of sp³-hybridized carbons (Fsp3) is 0.444. The maximum atomic E-state index is 10.7. The lowest BCUT2D eigenvalue weighted by molar-refractivity contribution is 0.135. The summed E-state index contributed by atoms with van der Waals surface area (Å²) in [5.41, 5.74) is 5.23. The van der Waals surface area contributed by atoms with Crippen LogP contribution in [0.25, 0.3) is 0 Å². The van der Waals surface area contributed by atoms with Crippen LogP contribution in [0.4, 0.5) is 0 Å². The van der Waals surface area contributed by atoms with Gasteiger partial charge in [-0.3, -0.25) is 0 Å². The number of hydrogen-bond donors (Lipinski definition) is 1. The van der Waals surface area contributed by atoms with Crippen molar-refractivity contribution in [1.29, 1.82) is 0 Å². The van der Waals surface area contributed by atoms with E-state index in [9.17, 15) is 5.11 Å². The zero-order valence-corrected chi connectivity index (χ0v) is 13.0. The molecule has 0 amide bonds. The Morgan fingerprint density at radius 3 is 2.75 bits per heavy atom. The summed E-state index contributed by atoms with van der Waals surface area (Å²) in [6, 6.07) is 8.81. The first-order chi connectivity index (χ1) is 9.63. The predicted octanol–water partition coefficient (Wildman–Crippen LogP) is 4.39. The van der Waals surface area contributed by atoms with Crippen LogP contribution in [0.3, 0.4) is 0 Å². The molecule has 1 N–H and O–H groups in total. The molecule has 1 aromatic heterocycles. The van der Waals surface area contributed by atoms with E-state index in [0.29, 0.717) is 5.92 Å². The van der Waals surface area contributed by atoms with E-state index < -0.39 is 0 Å². The molecule has 3 rings (SSSR count). The Hall–Kier alpha value is -1.12. The van der Waals surface area contributed by atoms with Crippen molar-refractivity contribution in [2.75, 3.05) is 0 Å². The summed E-state index contributed by atoms with van der Waals surface area (Å²) in [5, 5.41) is 12.9. The van der Waals surface area contributed by atoms with Gasteiger partial charge in [-0.05, 0) is 62.1 Å². The van der Waals surface area contributed by atoms with E-state index in [1.807, 2.05) is 11.3 Å². The summed E-state index contributed by atoms with van der Waals surface area (Å²) in [7, 11) is 0. The molecule has 1 aliphatic carbocycles. The van der Waals surface area contributed by atoms with Crippen molar-refractivity contribution < 1.29 is 5.11 Å². The standard InChI is InChI=1S/C18H22OS/c1-12-8-13(2)10-14(9-12)11-17(19)15-4-3-5-18-16(15)6-7-20-18/h6-10,15,17,19H,3-5,11H2,1-2H3. The molecular weight excluding hydrogens is 264 g/mol. The molecule has 20 heavy (non-hydrogen) atoms. The van der Waals surface area contributed by atoms with Crippen molar-refractivity contribution in [2.24, 2.45) is 0 Å². The monoisotopic (exact) mass is 286 g/mol. The first-order valence-corrected chi connectivity index (χ1v) is 8.33. The van der Waals surface area contributed by atoms with E-state index >= 15 is 0 Å². The lowest BCUT2D eigenvalue weighted by Crippen LogP contribution is -2.24. The number of aryl methyl sites for hydroxylation is 3. The van der Waals surface area contributed by atoms with Crippen molar-refractivity contribution in [2.45, 2.75) is 51.6 Å². The number of aliphatic hydroxyl groups excluding tert-OH is 1. The average molecular weight is 286 g/mol. The lowest BCUT2D eigenvalue weighted by Gasteiger charge is -2.27. The number of hydrogen-bond acceptors (Lipinski definition) is 2.